The van der Waals surface area contributed by atoms with E-state index in [1.807, 2.05) is 4.90 Å². The zero-order chi connectivity index (χ0) is 17.8. The highest BCUT2D eigenvalue weighted by atomic mass is 16.2. The molecule has 1 saturated heterocycles. The molecule has 7 heteroatoms. The van der Waals surface area contributed by atoms with Gasteiger partial charge in [-0.15, -0.1) is 0 Å². The Balaban J connectivity index is 1.48. The molecule has 0 bridgehead atoms. The van der Waals surface area contributed by atoms with Gasteiger partial charge in [-0.3, -0.25) is 9.59 Å². The van der Waals surface area contributed by atoms with Crippen LogP contribution in [0.5, 0.6) is 0 Å². The number of hydrogen-bond acceptors (Lipinski definition) is 5. The Bertz CT molecular complexity index is 604. The number of carbonyl (C=O) groups is 2. The van der Waals surface area contributed by atoms with Gasteiger partial charge in [0.05, 0.1) is 0 Å². The maximum atomic E-state index is 12.7. The summed E-state index contributed by atoms with van der Waals surface area (Å²) in [7, 11) is 1.80. The first-order valence-corrected chi connectivity index (χ1v) is 9.14. The molecule has 1 aromatic heterocycles. The number of nitrogen functional groups attached to an aromatic ring is 1. The molecule has 7 nitrogen and oxygen atoms in total. The zero-order valence-electron chi connectivity index (χ0n) is 14.9. The molecule has 0 spiro atoms. The molecule has 2 heterocycles. The quantitative estimate of drug-likeness (QED) is 0.891. The minimum atomic E-state index is -0.00710. The molecular weight excluding hydrogens is 318 g/mol. The number of piperidine rings is 1. The summed E-state index contributed by atoms with van der Waals surface area (Å²) in [4.78, 5) is 36.7. The Morgan fingerprint density at radius 1 is 1.12 bits per heavy atom. The molecule has 1 aromatic rings. The largest absolute Gasteiger partial charge is 0.368 e. The third-order valence-electron chi connectivity index (χ3n) is 5.38. The molecule has 1 saturated carbocycles. The molecule has 2 amide bonds. The summed E-state index contributed by atoms with van der Waals surface area (Å²) in [6, 6.07) is 0. The fourth-order valence-electron chi connectivity index (χ4n) is 3.89. The van der Waals surface area contributed by atoms with Gasteiger partial charge in [-0.05, 0) is 25.7 Å². The van der Waals surface area contributed by atoms with Crippen LogP contribution in [0.4, 0.5) is 5.95 Å². The van der Waals surface area contributed by atoms with Gasteiger partial charge >= 0.3 is 0 Å². The lowest BCUT2D eigenvalue weighted by Gasteiger charge is -2.34. The van der Waals surface area contributed by atoms with Gasteiger partial charge in [0, 0.05) is 56.5 Å². The predicted octanol–water partition coefficient (Wildman–Crippen LogP) is 1.45. The van der Waals surface area contributed by atoms with Gasteiger partial charge < -0.3 is 15.5 Å². The number of carbonyl (C=O) groups excluding carboxylic acids is 2. The molecule has 0 aromatic carbocycles. The van der Waals surface area contributed by atoms with Crippen molar-refractivity contribution < 1.29 is 9.59 Å². The van der Waals surface area contributed by atoms with Crippen molar-refractivity contribution >= 4 is 17.8 Å². The van der Waals surface area contributed by atoms with Crippen LogP contribution < -0.4 is 5.73 Å². The average Bonchev–Trinajstić information content (AvgIpc) is 3.17. The first-order chi connectivity index (χ1) is 12.0. The van der Waals surface area contributed by atoms with Crippen molar-refractivity contribution in [3.63, 3.8) is 0 Å². The fraction of sp³-hybridized carbons (Fsp3) is 0.667. The van der Waals surface area contributed by atoms with Crippen molar-refractivity contribution in [2.24, 2.45) is 11.8 Å². The van der Waals surface area contributed by atoms with Crippen molar-refractivity contribution in [3.05, 3.63) is 18.0 Å². The van der Waals surface area contributed by atoms with Crippen molar-refractivity contribution in [1.82, 2.24) is 19.8 Å². The molecule has 2 aliphatic rings. The van der Waals surface area contributed by atoms with Crippen LogP contribution in [0.25, 0.3) is 0 Å². The molecule has 0 radical (unpaired) electrons. The van der Waals surface area contributed by atoms with E-state index in [0.29, 0.717) is 25.5 Å². The molecule has 3 rings (SSSR count). The van der Waals surface area contributed by atoms with Crippen molar-refractivity contribution in [1.29, 1.82) is 0 Å². The van der Waals surface area contributed by atoms with Gasteiger partial charge in [0.25, 0.3) is 0 Å². The zero-order valence-corrected chi connectivity index (χ0v) is 14.9. The highest BCUT2D eigenvalue weighted by Gasteiger charge is 2.32. The summed E-state index contributed by atoms with van der Waals surface area (Å²) in [5, 5.41) is 0. The number of amides is 2. The molecular formula is C18H27N5O2. The van der Waals surface area contributed by atoms with Crippen LogP contribution in [0, 0.1) is 11.8 Å². The van der Waals surface area contributed by atoms with E-state index >= 15 is 0 Å². The lowest BCUT2D eigenvalue weighted by molar-refractivity contribution is -0.142. The summed E-state index contributed by atoms with van der Waals surface area (Å²) in [5.41, 5.74) is 6.34. The normalized spacial score (nSPS) is 19.2. The molecule has 2 N–H and O–H groups in total. The Labute approximate surface area is 148 Å². The van der Waals surface area contributed by atoms with Crippen molar-refractivity contribution in [2.45, 2.75) is 45.1 Å². The van der Waals surface area contributed by atoms with Gasteiger partial charge in [-0.1, -0.05) is 12.8 Å². The summed E-state index contributed by atoms with van der Waals surface area (Å²) in [6.07, 6.45) is 9.20. The minimum Gasteiger partial charge on any atom is -0.368 e. The molecule has 136 valence electrons. The number of likely N-dealkylation sites (tertiary alicyclic amines) is 1. The second-order valence-corrected chi connectivity index (χ2v) is 7.22. The topological polar surface area (TPSA) is 92.4 Å². The van der Waals surface area contributed by atoms with E-state index in [4.69, 9.17) is 5.73 Å². The smallest absolute Gasteiger partial charge is 0.225 e. The SMILES string of the molecule is CN(Cc1cnc(N)nc1)C(=O)C1CCN(C(=O)C2CCCC2)CC1. The lowest BCUT2D eigenvalue weighted by Crippen LogP contribution is -2.45. The van der Waals surface area contributed by atoms with Crippen LogP contribution in [0.3, 0.4) is 0 Å². The van der Waals surface area contributed by atoms with Gasteiger partial charge in [-0.25, -0.2) is 9.97 Å². The molecule has 2 fully saturated rings. The lowest BCUT2D eigenvalue weighted by atomic mass is 9.94. The Morgan fingerprint density at radius 3 is 2.32 bits per heavy atom. The second kappa shape index (κ2) is 7.80. The van der Waals surface area contributed by atoms with E-state index in [0.717, 1.165) is 31.2 Å². The van der Waals surface area contributed by atoms with Crippen molar-refractivity contribution in [2.75, 3.05) is 25.9 Å². The van der Waals surface area contributed by atoms with Crippen LogP contribution in [0.15, 0.2) is 12.4 Å². The maximum absolute atomic E-state index is 12.7. The van der Waals surface area contributed by atoms with E-state index in [2.05, 4.69) is 9.97 Å². The minimum absolute atomic E-state index is 0.00710. The van der Waals surface area contributed by atoms with Gasteiger partial charge in [0.2, 0.25) is 17.8 Å². The number of rotatable bonds is 4. The van der Waals surface area contributed by atoms with Crippen molar-refractivity contribution in [3.8, 4) is 0 Å². The molecule has 1 aliphatic carbocycles. The fourth-order valence-corrected chi connectivity index (χ4v) is 3.89. The van der Waals surface area contributed by atoms with Crippen LogP contribution >= 0.6 is 0 Å². The Kier molecular flexibility index (Phi) is 5.50. The molecule has 1 aliphatic heterocycles. The standard InChI is InChI=1S/C18H27N5O2/c1-22(12-13-10-20-18(19)21-11-13)16(24)15-6-8-23(9-7-15)17(25)14-4-2-3-5-14/h10-11,14-15H,2-9,12H2,1H3,(H2,19,20,21). The first kappa shape index (κ1) is 17.6. The van der Waals surface area contributed by atoms with E-state index in [1.54, 1.807) is 24.3 Å². The van der Waals surface area contributed by atoms with Gasteiger partial charge in [-0.2, -0.15) is 0 Å². The number of anilines is 1. The Morgan fingerprint density at radius 2 is 1.72 bits per heavy atom. The number of aromatic nitrogens is 2. The van der Waals surface area contributed by atoms with E-state index < -0.39 is 0 Å². The van der Waals surface area contributed by atoms with Gasteiger partial charge in [0.1, 0.15) is 0 Å². The monoisotopic (exact) mass is 345 g/mol. The highest BCUT2D eigenvalue weighted by molar-refractivity contribution is 5.81. The van der Waals surface area contributed by atoms with Crippen LogP contribution in [-0.4, -0.2) is 51.7 Å². The summed E-state index contributed by atoms with van der Waals surface area (Å²) >= 11 is 0. The summed E-state index contributed by atoms with van der Waals surface area (Å²) in [5.74, 6) is 0.880. The number of nitrogens with two attached hydrogens (primary N) is 1. The van der Waals surface area contributed by atoms with E-state index in [1.165, 1.54) is 12.8 Å². The second-order valence-electron chi connectivity index (χ2n) is 7.22. The van der Waals surface area contributed by atoms with Crippen LogP contribution in [-0.2, 0) is 16.1 Å². The van der Waals surface area contributed by atoms with Gasteiger partial charge in [0.15, 0.2) is 0 Å². The third kappa shape index (κ3) is 4.27. The number of nitrogens with zero attached hydrogens (tertiary/aromatic N) is 4. The van der Waals surface area contributed by atoms with Crippen LogP contribution in [0.2, 0.25) is 0 Å². The van der Waals surface area contributed by atoms with E-state index in [9.17, 15) is 9.59 Å². The average molecular weight is 345 g/mol. The van der Waals surface area contributed by atoms with Crippen LogP contribution in [0.1, 0.15) is 44.1 Å². The first-order valence-electron chi connectivity index (χ1n) is 9.14. The highest BCUT2D eigenvalue weighted by Crippen LogP contribution is 2.29. The predicted molar refractivity (Wildman–Crippen MR) is 94.2 cm³/mol. The number of hydrogen-bond donors (Lipinski definition) is 1. The molecule has 25 heavy (non-hydrogen) atoms. The summed E-state index contributed by atoms with van der Waals surface area (Å²) in [6.45, 7) is 1.87. The molecule has 0 unspecified atom stereocenters. The maximum Gasteiger partial charge on any atom is 0.225 e. The van der Waals surface area contributed by atoms with E-state index in [-0.39, 0.29) is 23.7 Å². The third-order valence-corrected chi connectivity index (χ3v) is 5.38. The molecule has 0 atom stereocenters. The summed E-state index contributed by atoms with van der Waals surface area (Å²) < 4.78 is 0. The Hall–Kier alpha value is -2.18.